The summed E-state index contributed by atoms with van der Waals surface area (Å²) in [5.74, 6) is 3.55. The highest BCUT2D eigenvalue weighted by Crippen LogP contribution is 2.71. The Labute approximate surface area is 244 Å². The molecule has 1 unspecified atom stereocenters. The van der Waals surface area contributed by atoms with Crippen LogP contribution in [0.25, 0.3) is 0 Å². The zero-order chi connectivity index (χ0) is 28.9. The lowest BCUT2D eigenvalue weighted by atomic mass is 9.44. The highest BCUT2D eigenvalue weighted by Gasteiger charge is 2.71. The number of rotatable bonds is 10. The van der Waals surface area contributed by atoms with Gasteiger partial charge in [0.05, 0.1) is 11.7 Å². The molecule has 0 radical (unpaired) electrons. The summed E-state index contributed by atoms with van der Waals surface area (Å²) < 4.78 is 18.9. The van der Waals surface area contributed by atoms with Gasteiger partial charge in [0.25, 0.3) is 0 Å². The van der Waals surface area contributed by atoms with Gasteiger partial charge in [-0.3, -0.25) is 9.59 Å². The fourth-order valence-corrected chi connectivity index (χ4v) is 10.7. The van der Waals surface area contributed by atoms with Gasteiger partial charge in [0, 0.05) is 18.8 Å². The number of hydrogen-bond donors (Lipinski definition) is 0. The molecule has 40 heavy (non-hydrogen) atoms. The summed E-state index contributed by atoms with van der Waals surface area (Å²) in [4.78, 5) is 25.1. The zero-order valence-electron chi connectivity index (χ0n) is 26.6. The lowest BCUT2D eigenvalue weighted by Crippen LogP contribution is -2.55. The minimum absolute atomic E-state index is 0.0126. The van der Waals surface area contributed by atoms with Crippen molar-refractivity contribution in [2.75, 3.05) is 0 Å². The van der Waals surface area contributed by atoms with Gasteiger partial charge in [-0.25, -0.2) is 0 Å². The van der Waals surface area contributed by atoms with E-state index in [4.69, 9.17) is 14.2 Å². The quantitative estimate of drug-likeness (QED) is 0.199. The Kier molecular flexibility index (Phi) is 8.75. The molecule has 228 valence electrons. The summed E-state index contributed by atoms with van der Waals surface area (Å²) in [5, 5.41) is 0. The van der Waals surface area contributed by atoms with Gasteiger partial charge < -0.3 is 14.2 Å². The van der Waals surface area contributed by atoms with E-state index in [0.29, 0.717) is 54.0 Å². The number of esters is 2. The molecule has 11 atom stereocenters. The van der Waals surface area contributed by atoms with Crippen molar-refractivity contribution in [3.05, 3.63) is 0 Å². The second-order valence-electron chi connectivity index (χ2n) is 15.6. The Hall–Kier alpha value is -1.10. The predicted octanol–water partition coefficient (Wildman–Crippen LogP) is 8.27. The van der Waals surface area contributed by atoms with Crippen LogP contribution in [0.3, 0.4) is 0 Å². The van der Waals surface area contributed by atoms with Crippen LogP contribution in [0.15, 0.2) is 0 Å². The third-order valence-corrected chi connectivity index (χ3v) is 12.7. The van der Waals surface area contributed by atoms with Crippen molar-refractivity contribution < 1.29 is 23.8 Å². The molecule has 4 aliphatic carbocycles. The molecule has 1 aliphatic heterocycles. The van der Waals surface area contributed by atoms with E-state index < -0.39 is 0 Å². The maximum atomic E-state index is 12.9. The third kappa shape index (κ3) is 5.39. The summed E-state index contributed by atoms with van der Waals surface area (Å²) in [6.45, 7) is 16.1. The van der Waals surface area contributed by atoms with Crippen LogP contribution < -0.4 is 0 Å². The van der Waals surface area contributed by atoms with E-state index in [0.717, 1.165) is 38.5 Å². The van der Waals surface area contributed by atoms with E-state index in [1.54, 1.807) is 0 Å². The van der Waals surface area contributed by atoms with Crippen molar-refractivity contribution >= 4 is 11.9 Å². The minimum atomic E-state index is -0.177. The number of fused-ring (bicyclic) bond motifs is 5. The molecule has 0 bridgehead atoms. The van der Waals surface area contributed by atoms with Gasteiger partial charge >= 0.3 is 11.9 Å². The summed E-state index contributed by atoms with van der Waals surface area (Å²) in [7, 11) is 0. The molecule has 0 aromatic rings. The highest BCUT2D eigenvalue weighted by molar-refractivity contribution is 5.69. The van der Waals surface area contributed by atoms with Gasteiger partial charge in [0.1, 0.15) is 12.2 Å². The molecule has 0 amide bonds. The van der Waals surface area contributed by atoms with Gasteiger partial charge in [-0.1, -0.05) is 41.5 Å². The number of ether oxygens (including phenoxy) is 3. The third-order valence-electron chi connectivity index (χ3n) is 12.7. The Morgan fingerprint density at radius 2 is 1.52 bits per heavy atom. The van der Waals surface area contributed by atoms with Crippen molar-refractivity contribution in [2.45, 2.75) is 162 Å². The molecule has 1 saturated heterocycles. The molecule has 5 aliphatic rings. The first-order chi connectivity index (χ1) is 19.0. The first-order valence-electron chi connectivity index (χ1n) is 17.0. The van der Waals surface area contributed by atoms with Crippen LogP contribution in [0.4, 0.5) is 0 Å². The van der Waals surface area contributed by atoms with Gasteiger partial charge in [0.2, 0.25) is 0 Å². The summed E-state index contributed by atoms with van der Waals surface area (Å²) in [6, 6.07) is 0. The Morgan fingerprint density at radius 3 is 2.20 bits per heavy atom. The zero-order valence-corrected chi connectivity index (χ0v) is 26.6. The SMILES string of the molecule is CCCC(=O)O[C@H]1CC[C@@]2(C)C(CC[C@H]3[C@@H]4C[C@H](OC(=O)CCC)[C@H]([C@]5(C)O[C@@H]5CCC(C)C)[C@@]4(C)CC[C@@H]32)C1. The molecule has 0 aromatic heterocycles. The first kappa shape index (κ1) is 30.4. The molecule has 0 N–H and O–H groups in total. The predicted molar refractivity (Wildman–Crippen MR) is 158 cm³/mol. The molecule has 5 rings (SSSR count). The standard InChI is InChI=1S/C35H58O5/c1-8-10-30(36)38-24-16-18-33(5)23(20-24)13-14-25-26(33)17-19-34(6)27(25)21-28(39-31(37)11-9-2)32(34)35(7)29(40-35)15-12-22(3)4/h22-29,32H,8-21H2,1-7H3/t23?,24-,25+,26-,27-,28-,29+,32-,33-,34-,35+/m0/s1. The molecule has 0 spiro atoms. The monoisotopic (exact) mass is 558 g/mol. The molecule has 0 aromatic carbocycles. The average Bonchev–Trinajstić information content (AvgIpc) is 3.43. The van der Waals surface area contributed by atoms with E-state index in [-0.39, 0.29) is 41.1 Å². The second-order valence-corrected chi connectivity index (χ2v) is 15.6. The van der Waals surface area contributed by atoms with E-state index >= 15 is 0 Å². The minimum Gasteiger partial charge on any atom is -0.462 e. The first-order valence-corrected chi connectivity index (χ1v) is 17.0. The van der Waals surface area contributed by atoms with Gasteiger partial charge in [-0.2, -0.15) is 0 Å². The smallest absolute Gasteiger partial charge is 0.306 e. The van der Waals surface area contributed by atoms with E-state index in [9.17, 15) is 9.59 Å². The summed E-state index contributed by atoms with van der Waals surface area (Å²) in [5.41, 5.74) is 0.295. The van der Waals surface area contributed by atoms with Crippen LogP contribution in [0, 0.1) is 46.3 Å². The lowest BCUT2D eigenvalue weighted by molar-refractivity contribution is -0.163. The molecular weight excluding hydrogens is 500 g/mol. The summed E-state index contributed by atoms with van der Waals surface area (Å²) in [6.07, 6.45) is 14.6. The largest absolute Gasteiger partial charge is 0.462 e. The van der Waals surface area contributed by atoms with Crippen LogP contribution in [0.5, 0.6) is 0 Å². The van der Waals surface area contributed by atoms with Crippen molar-refractivity contribution in [3.8, 4) is 0 Å². The number of hydrogen-bond acceptors (Lipinski definition) is 5. The number of epoxide rings is 1. The molecule has 1 heterocycles. The van der Waals surface area contributed by atoms with Crippen molar-refractivity contribution in [1.29, 1.82) is 0 Å². The maximum Gasteiger partial charge on any atom is 0.306 e. The Bertz CT molecular complexity index is 931. The second kappa shape index (κ2) is 11.5. The Balaban J connectivity index is 1.35. The van der Waals surface area contributed by atoms with E-state index in [1.807, 2.05) is 6.92 Å². The summed E-state index contributed by atoms with van der Waals surface area (Å²) >= 11 is 0. The van der Waals surface area contributed by atoms with Crippen LogP contribution in [0.1, 0.15) is 138 Å². The van der Waals surface area contributed by atoms with Crippen molar-refractivity contribution in [3.63, 3.8) is 0 Å². The molecule has 5 heteroatoms. The fraction of sp³-hybridized carbons (Fsp3) is 0.943. The van der Waals surface area contributed by atoms with Gasteiger partial charge in [-0.05, 0) is 124 Å². The fourth-order valence-electron chi connectivity index (χ4n) is 10.7. The van der Waals surface area contributed by atoms with E-state index in [1.165, 1.54) is 38.5 Å². The van der Waals surface area contributed by atoms with Crippen LogP contribution in [0.2, 0.25) is 0 Å². The average molecular weight is 559 g/mol. The topological polar surface area (TPSA) is 65.1 Å². The van der Waals surface area contributed by atoms with Gasteiger partial charge in [0.15, 0.2) is 0 Å². The van der Waals surface area contributed by atoms with Crippen LogP contribution >= 0.6 is 0 Å². The number of carbonyl (C=O) groups excluding carboxylic acids is 2. The Morgan fingerprint density at radius 1 is 0.850 bits per heavy atom. The number of carbonyl (C=O) groups is 2. The van der Waals surface area contributed by atoms with Crippen molar-refractivity contribution in [1.82, 2.24) is 0 Å². The van der Waals surface area contributed by atoms with Crippen LogP contribution in [-0.4, -0.2) is 35.9 Å². The molecular formula is C35H58O5. The van der Waals surface area contributed by atoms with Crippen molar-refractivity contribution in [2.24, 2.45) is 46.3 Å². The van der Waals surface area contributed by atoms with Gasteiger partial charge in [-0.15, -0.1) is 0 Å². The molecule has 5 nitrogen and oxygen atoms in total. The molecule has 4 saturated carbocycles. The van der Waals surface area contributed by atoms with Crippen LogP contribution in [-0.2, 0) is 23.8 Å². The molecule has 5 fully saturated rings. The van der Waals surface area contributed by atoms with E-state index in [2.05, 4.69) is 41.5 Å². The lowest BCUT2D eigenvalue weighted by Gasteiger charge is -2.61. The normalized spacial score (nSPS) is 45.8. The maximum absolute atomic E-state index is 12.9. The highest BCUT2D eigenvalue weighted by atomic mass is 16.6.